The first-order valence-electron chi connectivity index (χ1n) is 6.95. The Morgan fingerprint density at radius 3 is 2.32 bits per heavy atom. The predicted molar refractivity (Wildman–Crippen MR) is 106 cm³/mol. The fourth-order valence-electron chi connectivity index (χ4n) is 2.33. The molecule has 22 heavy (non-hydrogen) atoms. The van der Waals surface area contributed by atoms with Gasteiger partial charge < -0.3 is 19.8 Å². The molecule has 0 radical (unpaired) electrons. The number of nitrogens with one attached hydrogen (secondary N) is 2. The molecule has 1 aliphatic heterocycles. The minimum absolute atomic E-state index is 0.442. The second-order valence-electron chi connectivity index (χ2n) is 6.33. The molecule has 2 rings (SSSR count). The van der Waals surface area contributed by atoms with Gasteiger partial charge in [-0.25, -0.2) is 0 Å². The van der Waals surface area contributed by atoms with Crippen LogP contribution >= 0.6 is 40.0 Å². The van der Waals surface area contributed by atoms with E-state index in [4.69, 9.17) is 26.3 Å². The molecule has 1 aliphatic rings. The topological polar surface area (TPSA) is 54.3 Å². The van der Waals surface area contributed by atoms with E-state index in [2.05, 4.69) is 27.1 Å². The van der Waals surface area contributed by atoms with Crippen molar-refractivity contribution >= 4 is 64.5 Å². The van der Waals surface area contributed by atoms with E-state index in [9.17, 15) is 0 Å². The highest BCUT2D eigenvalue weighted by Crippen LogP contribution is 2.38. The van der Waals surface area contributed by atoms with Crippen molar-refractivity contribution in [2.24, 2.45) is 0 Å². The van der Waals surface area contributed by atoms with Gasteiger partial charge in [-0.2, -0.15) is 0 Å². The van der Waals surface area contributed by atoms with Crippen LogP contribution in [0.25, 0.3) is 0 Å². The smallest absolute Gasteiger partial charge is 0.399 e. The Balaban J connectivity index is 2.58. The molecule has 0 bridgehead atoms. The summed E-state index contributed by atoms with van der Waals surface area (Å²) in [5.74, 6) is 0. The van der Waals surface area contributed by atoms with Crippen LogP contribution in [-0.4, -0.2) is 24.5 Å². The molecule has 1 atom stereocenters. The van der Waals surface area contributed by atoms with Gasteiger partial charge in [0.2, 0.25) is 0 Å². The zero-order chi connectivity index (χ0) is 16.7. The van der Waals surface area contributed by atoms with Gasteiger partial charge in [0.25, 0.3) is 0 Å². The maximum absolute atomic E-state index is 7.80. The number of benzene rings is 1. The van der Waals surface area contributed by atoms with E-state index in [0.29, 0.717) is 11.4 Å². The van der Waals surface area contributed by atoms with E-state index in [0.717, 1.165) is 22.3 Å². The minimum Gasteiger partial charge on any atom is -0.399 e. The van der Waals surface area contributed by atoms with E-state index in [1.54, 1.807) is 0 Å². The van der Waals surface area contributed by atoms with Crippen LogP contribution in [-0.2, 0) is 9.31 Å². The summed E-state index contributed by atoms with van der Waals surface area (Å²) in [6.07, 6.45) is 1.81. The van der Waals surface area contributed by atoms with Gasteiger partial charge in [-0.15, -0.1) is 0 Å². The predicted octanol–water partition coefficient (Wildman–Crippen LogP) is 4.30. The highest BCUT2D eigenvalue weighted by molar-refractivity contribution is 14.2. The summed E-state index contributed by atoms with van der Waals surface area (Å²) in [7, 11) is -0.577. The molecule has 8 heteroatoms. The van der Waals surface area contributed by atoms with Crippen molar-refractivity contribution in [2.75, 3.05) is 5.09 Å². The Morgan fingerprint density at radius 1 is 1.32 bits per heavy atom. The quantitative estimate of drug-likeness (QED) is 0.310. The molecule has 0 aromatic heterocycles. The second kappa shape index (κ2) is 6.56. The van der Waals surface area contributed by atoms with E-state index in [-0.39, 0.29) is 0 Å². The summed E-state index contributed by atoms with van der Waals surface area (Å²) >= 11 is 8.79. The summed E-state index contributed by atoms with van der Waals surface area (Å²) in [6, 6.07) is 1.96. The SMILES string of the molecule is Cc1cc(NPI)c(C=N)c(B2OC(C)(C)C(C)(C)O2)c1Cl. The van der Waals surface area contributed by atoms with Gasteiger partial charge >= 0.3 is 7.12 Å². The van der Waals surface area contributed by atoms with Crippen LogP contribution in [0, 0.1) is 12.3 Å². The number of hydrogen-bond donors (Lipinski definition) is 2. The third-order valence-corrected chi connectivity index (χ3v) is 6.01. The first kappa shape index (κ1) is 18.5. The summed E-state index contributed by atoms with van der Waals surface area (Å²) in [5.41, 5.74) is 2.39. The normalized spacial score (nSPS) is 19.9. The number of anilines is 1. The Labute approximate surface area is 152 Å². The van der Waals surface area contributed by atoms with Crippen LogP contribution in [0.3, 0.4) is 0 Å². The number of hydrogen-bond acceptors (Lipinski definition) is 4. The monoisotopic (exact) mass is 452 g/mol. The Kier molecular flexibility index (Phi) is 5.50. The fourth-order valence-corrected chi connectivity index (χ4v) is 3.76. The average Bonchev–Trinajstić information content (AvgIpc) is 2.62. The summed E-state index contributed by atoms with van der Waals surface area (Å²) in [5, 5.41) is 11.7. The Morgan fingerprint density at radius 2 is 1.86 bits per heavy atom. The van der Waals surface area contributed by atoms with Crippen molar-refractivity contribution in [3.63, 3.8) is 0 Å². The molecule has 1 aromatic rings. The van der Waals surface area contributed by atoms with Gasteiger partial charge in [0.1, 0.15) is 0 Å². The lowest BCUT2D eigenvalue weighted by Gasteiger charge is -2.32. The largest absolute Gasteiger partial charge is 0.497 e. The van der Waals surface area contributed by atoms with Crippen molar-refractivity contribution in [1.29, 1.82) is 5.41 Å². The van der Waals surface area contributed by atoms with Gasteiger partial charge in [-0.1, -0.05) is 11.6 Å². The number of aryl methyl sites for hydroxylation is 1. The third kappa shape index (κ3) is 3.18. The van der Waals surface area contributed by atoms with Crippen molar-refractivity contribution in [3.8, 4) is 0 Å². The summed E-state index contributed by atoms with van der Waals surface area (Å²) in [6.45, 7) is 9.98. The van der Waals surface area contributed by atoms with Crippen LogP contribution in [0.15, 0.2) is 6.07 Å². The lowest BCUT2D eigenvalue weighted by atomic mass is 9.74. The molecular formula is C14H20BClIN2O2P. The molecule has 1 unspecified atom stereocenters. The van der Waals surface area contributed by atoms with Crippen LogP contribution in [0.1, 0.15) is 38.8 Å². The average molecular weight is 452 g/mol. The van der Waals surface area contributed by atoms with Crippen molar-refractivity contribution in [2.45, 2.75) is 45.8 Å². The maximum atomic E-state index is 7.80. The number of rotatable bonds is 4. The van der Waals surface area contributed by atoms with Crippen LogP contribution in [0.4, 0.5) is 5.69 Å². The van der Waals surface area contributed by atoms with Gasteiger partial charge in [-0.05, 0) is 68.3 Å². The first-order chi connectivity index (χ1) is 10.1. The molecule has 1 saturated heterocycles. The molecule has 1 fully saturated rings. The first-order valence-corrected chi connectivity index (χ1v) is 11.4. The summed E-state index contributed by atoms with van der Waals surface area (Å²) < 4.78 is 12.2. The molecule has 0 saturated carbocycles. The van der Waals surface area contributed by atoms with Gasteiger partial charge in [0, 0.05) is 34.3 Å². The zero-order valence-electron chi connectivity index (χ0n) is 13.3. The minimum atomic E-state index is -0.577. The lowest BCUT2D eigenvalue weighted by molar-refractivity contribution is 0.00578. The molecular weight excluding hydrogens is 432 g/mol. The van der Waals surface area contributed by atoms with Gasteiger partial charge in [-0.3, -0.25) is 0 Å². The highest BCUT2D eigenvalue weighted by atomic mass is 127. The molecule has 0 aliphatic carbocycles. The standard InChI is InChI=1S/C14H20BClIN2O2P/c1-8-6-10(19-22-17)9(7-18)11(12(8)16)15-20-13(2,3)14(4,5)21-15/h6-7,18-19,22H,1-5H3. The van der Waals surface area contributed by atoms with Crippen LogP contribution in [0.2, 0.25) is 5.02 Å². The van der Waals surface area contributed by atoms with E-state index in [1.165, 1.54) is 6.21 Å². The van der Waals surface area contributed by atoms with Crippen molar-refractivity contribution in [1.82, 2.24) is 0 Å². The molecule has 0 spiro atoms. The maximum Gasteiger partial charge on any atom is 0.497 e. The van der Waals surface area contributed by atoms with Crippen molar-refractivity contribution < 1.29 is 9.31 Å². The second-order valence-corrected chi connectivity index (χ2v) is 8.77. The molecule has 1 heterocycles. The highest BCUT2D eigenvalue weighted by Gasteiger charge is 2.53. The van der Waals surface area contributed by atoms with Crippen molar-refractivity contribution in [3.05, 3.63) is 22.2 Å². The number of halogens is 2. The van der Waals surface area contributed by atoms with Crippen LogP contribution < -0.4 is 10.6 Å². The molecule has 2 N–H and O–H groups in total. The lowest BCUT2D eigenvalue weighted by Crippen LogP contribution is -2.41. The van der Waals surface area contributed by atoms with Crippen LogP contribution in [0.5, 0.6) is 0 Å². The zero-order valence-corrected chi connectivity index (χ0v) is 17.2. The Bertz CT molecular complexity index is 597. The van der Waals surface area contributed by atoms with Gasteiger partial charge in [0.05, 0.1) is 11.2 Å². The van der Waals surface area contributed by atoms with Gasteiger partial charge in [0.15, 0.2) is 0 Å². The Hall–Kier alpha value is 0.125. The van der Waals surface area contributed by atoms with E-state index >= 15 is 0 Å². The third-order valence-electron chi connectivity index (χ3n) is 4.34. The van der Waals surface area contributed by atoms with E-state index < -0.39 is 18.3 Å². The molecule has 4 nitrogen and oxygen atoms in total. The molecule has 1 aromatic carbocycles. The molecule has 0 amide bonds. The fraction of sp³-hybridized carbons (Fsp3) is 0.500. The molecule has 120 valence electrons. The van der Waals surface area contributed by atoms with E-state index in [1.807, 2.05) is 40.7 Å². The summed E-state index contributed by atoms with van der Waals surface area (Å²) in [4.78, 5) is 0.